The van der Waals surface area contributed by atoms with E-state index in [1.807, 2.05) is 7.05 Å². The van der Waals surface area contributed by atoms with Crippen molar-refractivity contribution in [3.05, 3.63) is 0 Å². The molecule has 0 spiro atoms. The van der Waals surface area contributed by atoms with Crippen molar-refractivity contribution in [2.75, 3.05) is 38.7 Å². The molecular weight excluding hydrogens is 260 g/mol. The molecule has 0 rings (SSSR count). The van der Waals surface area contributed by atoms with Crippen LogP contribution in [0.2, 0.25) is 0 Å². The van der Waals surface area contributed by atoms with E-state index in [4.69, 9.17) is 5.73 Å². The minimum absolute atomic E-state index is 0.245. The minimum atomic E-state index is -2.85. The van der Waals surface area contributed by atoms with Crippen LogP contribution >= 0.6 is 0 Å². The maximum Gasteiger partial charge on any atom is 0.148 e. The molecule has 4 nitrogen and oxygen atoms in total. The molecule has 0 aliphatic rings. The van der Waals surface area contributed by atoms with E-state index in [1.165, 1.54) is 6.26 Å². The quantitative estimate of drug-likeness (QED) is 0.703. The van der Waals surface area contributed by atoms with Crippen LogP contribution in [0, 0.1) is 11.3 Å². The second kappa shape index (κ2) is 8.22. The summed E-state index contributed by atoms with van der Waals surface area (Å²) in [5.41, 5.74) is 5.97. The first kappa shape index (κ1) is 18.9. The first-order chi connectivity index (χ1) is 8.56. The highest BCUT2D eigenvalue weighted by atomic mass is 32.2. The molecule has 0 aromatic rings. The van der Waals surface area contributed by atoms with Gasteiger partial charge in [0.2, 0.25) is 0 Å². The second-order valence-electron chi connectivity index (χ2n) is 6.72. The van der Waals surface area contributed by atoms with Crippen LogP contribution in [0.5, 0.6) is 0 Å². The van der Waals surface area contributed by atoms with Crippen LogP contribution in [-0.4, -0.2) is 52.0 Å². The fraction of sp³-hybridized carbons (Fsp3) is 1.00. The van der Waals surface area contributed by atoms with E-state index in [-0.39, 0.29) is 5.75 Å². The number of hydrogen-bond donors (Lipinski definition) is 1. The van der Waals surface area contributed by atoms with Gasteiger partial charge in [-0.05, 0) is 50.7 Å². The number of nitrogens with zero attached hydrogens (tertiary/aromatic N) is 1. The van der Waals surface area contributed by atoms with Crippen molar-refractivity contribution >= 4 is 9.84 Å². The molecule has 0 aliphatic heterocycles. The maximum atomic E-state index is 11.1. The lowest BCUT2D eigenvalue weighted by molar-refractivity contribution is 0.201. The molecule has 0 heterocycles. The molecule has 2 N–H and O–H groups in total. The lowest BCUT2D eigenvalue weighted by atomic mass is 9.76. The fourth-order valence-corrected chi connectivity index (χ4v) is 2.90. The maximum absolute atomic E-state index is 11.1. The lowest BCUT2D eigenvalue weighted by Crippen LogP contribution is -2.28. The van der Waals surface area contributed by atoms with E-state index in [0.29, 0.717) is 17.9 Å². The first-order valence-electron chi connectivity index (χ1n) is 7.12. The minimum Gasteiger partial charge on any atom is -0.330 e. The molecular formula is C14H32N2O2S. The summed E-state index contributed by atoms with van der Waals surface area (Å²) in [7, 11) is -0.864. The van der Waals surface area contributed by atoms with Crippen LogP contribution < -0.4 is 5.73 Å². The van der Waals surface area contributed by atoms with Crippen molar-refractivity contribution in [2.45, 2.75) is 40.0 Å². The van der Waals surface area contributed by atoms with E-state index in [0.717, 1.165) is 32.4 Å². The molecule has 0 saturated heterocycles. The summed E-state index contributed by atoms with van der Waals surface area (Å²) in [6.45, 7) is 9.11. The van der Waals surface area contributed by atoms with Gasteiger partial charge in [0.15, 0.2) is 0 Å². The summed E-state index contributed by atoms with van der Waals surface area (Å²) < 4.78 is 22.2. The smallest absolute Gasteiger partial charge is 0.148 e. The SMILES string of the molecule is CN(CCCC(CCN)C(C)(C)C)CCS(C)(=O)=O. The lowest BCUT2D eigenvalue weighted by Gasteiger charge is -2.31. The summed E-state index contributed by atoms with van der Waals surface area (Å²) in [6.07, 6.45) is 4.61. The molecule has 1 unspecified atom stereocenters. The first-order valence-corrected chi connectivity index (χ1v) is 9.18. The number of sulfone groups is 1. The molecule has 0 bridgehead atoms. The predicted molar refractivity (Wildman–Crippen MR) is 83.1 cm³/mol. The molecule has 0 fully saturated rings. The van der Waals surface area contributed by atoms with Crippen LogP contribution in [-0.2, 0) is 9.84 Å². The fourth-order valence-electron chi connectivity index (χ4n) is 2.25. The van der Waals surface area contributed by atoms with Gasteiger partial charge in [-0.1, -0.05) is 20.8 Å². The molecule has 1 atom stereocenters. The summed E-state index contributed by atoms with van der Waals surface area (Å²) in [6, 6.07) is 0. The Balaban J connectivity index is 3.99. The van der Waals surface area contributed by atoms with Gasteiger partial charge in [0.05, 0.1) is 5.75 Å². The summed E-state index contributed by atoms with van der Waals surface area (Å²) in [4.78, 5) is 2.10. The Morgan fingerprint density at radius 3 is 2.16 bits per heavy atom. The van der Waals surface area contributed by atoms with Crippen molar-refractivity contribution in [3.63, 3.8) is 0 Å². The number of hydrogen-bond acceptors (Lipinski definition) is 4. The molecule has 19 heavy (non-hydrogen) atoms. The van der Waals surface area contributed by atoms with Gasteiger partial charge in [0, 0.05) is 12.8 Å². The molecule has 0 aromatic carbocycles. The van der Waals surface area contributed by atoms with Crippen LogP contribution in [0.15, 0.2) is 0 Å². The van der Waals surface area contributed by atoms with Gasteiger partial charge < -0.3 is 10.6 Å². The predicted octanol–water partition coefficient (Wildman–Crippen LogP) is 1.75. The number of rotatable bonds is 9. The Kier molecular flexibility index (Phi) is 8.17. The van der Waals surface area contributed by atoms with Crippen molar-refractivity contribution in [1.29, 1.82) is 0 Å². The van der Waals surface area contributed by atoms with E-state index >= 15 is 0 Å². The molecule has 0 amide bonds. The van der Waals surface area contributed by atoms with Gasteiger partial charge in [-0.25, -0.2) is 8.42 Å². The molecule has 116 valence electrons. The monoisotopic (exact) mass is 292 g/mol. The molecule has 0 radical (unpaired) electrons. The zero-order valence-electron chi connectivity index (χ0n) is 13.3. The topological polar surface area (TPSA) is 63.4 Å². The zero-order chi connectivity index (χ0) is 15.1. The van der Waals surface area contributed by atoms with E-state index < -0.39 is 9.84 Å². The van der Waals surface area contributed by atoms with Gasteiger partial charge in [-0.3, -0.25) is 0 Å². The third-order valence-electron chi connectivity index (χ3n) is 3.68. The summed E-state index contributed by atoms with van der Waals surface area (Å²) in [5, 5.41) is 0. The van der Waals surface area contributed by atoms with Crippen molar-refractivity contribution < 1.29 is 8.42 Å². The van der Waals surface area contributed by atoms with Gasteiger partial charge in [-0.15, -0.1) is 0 Å². The average Bonchev–Trinajstić information content (AvgIpc) is 2.23. The van der Waals surface area contributed by atoms with Gasteiger partial charge in [0.25, 0.3) is 0 Å². The summed E-state index contributed by atoms with van der Waals surface area (Å²) >= 11 is 0. The van der Waals surface area contributed by atoms with Gasteiger partial charge >= 0.3 is 0 Å². The normalized spacial score (nSPS) is 14.9. The molecule has 0 aromatic heterocycles. The van der Waals surface area contributed by atoms with Crippen LogP contribution in [0.25, 0.3) is 0 Å². The largest absolute Gasteiger partial charge is 0.330 e. The van der Waals surface area contributed by atoms with Crippen molar-refractivity contribution in [2.24, 2.45) is 17.1 Å². The van der Waals surface area contributed by atoms with Crippen molar-refractivity contribution in [1.82, 2.24) is 4.90 Å². The van der Waals surface area contributed by atoms with Crippen molar-refractivity contribution in [3.8, 4) is 0 Å². The standard InChI is InChI=1S/C14H32N2O2S/c1-14(2,3)13(8-9-15)7-6-10-16(4)11-12-19(5,17)18/h13H,6-12,15H2,1-5H3. The Morgan fingerprint density at radius 1 is 1.16 bits per heavy atom. The Morgan fingerprint density at radius 2 is 1.74 bits per heavy atom. The van der Waals surface area contributed by atoms with Crippen LogP contribution in [0.4, 0.5) is 0 Å². The summed E-state index contributed by atoms with van der Waals surface area (Å²) in [5.74, 6) is 0.885. The third-order valence-corrected chi connectivity index (χ3v) is 4.60. The highest BCUT2D eigenvalue weighted by Crippen LogP contribution is 2.32. The van der Waals surface area contributed by atoms with E-state index in [9.17, 15) is 8.42 Å². The highest BCUT2D eigenvalue weighted by molar-refractivity contribution is 7.90. The molecule has 5 heteroatoms. The van der Waals surface area contributed by atoms with Crippen LogP contribution in [0.1, 0.15) is 40.0 Å². The molecule has 0 saturated carbocycles. The average molecular weight is 292 g/mol. The zero-order valence-corrected chi connectivity index (χ0v) is 14.1. The van der Waals surface area contributed by atoms with Crippen LogP contribution in [0.3, 0.4) is 0 Å². The number of nitrogens with two attached hydrogens (primary N) is 1. The van der Waals surface area contributed by atoms with Gasteiger partial charge in [0.1, 0.15) is 9.84 Å². The molecule has 0 aliphatic carbocycles. The van der Waals surface area contributed by atoms with E-state index in [2.05, 4.69) is 25.7 Å². The van der Waals surface area contributed by atoms with E-state index in [1.54, 1.807) is 0 Å². The van der Waals surface area contributed by atoms with Gasteiger partial charge in [-0.2, -0.15) is 0 Å². The second-order valence-corrected chi connectivity index (χ2v) is 8.98. The Labute approximate surface area is 119 Å². The third kappa shape index (κ3) is 10.3. The highest BCUT2D eigenvalue weighted by Gasteiger charge is 2.23. The Bertz CT molecular complexity index is 334. The Hall–Kier alpha value is -0.130.